The molecule has 5 heteroatoms. The number of hydrogen-bond donors (Lipinski definition) is 3. The van der Waals surface area contributed by atoms with Crippen LogP contribution in [0.25, 0.3) is 0 Å². The number of rotatable bonds is 0. The molecule has 0 aliphatic carbocycles. The van der Waals surface area contributed by atoms with Gasteiger partial charge in [-0.15, -0.1) is 0 Å². The number of nitrogens with two attached hydrogens (primary N) is 1. The number of β-amino-alcohol motifs (C(OH)–C–C–N with tert-alkyl or cyclic N) is 1. The standard InChI is InChI=1S/C6H13N3O2/c7-8-6(11)9-3-1-2-5(10)4-9/h5,10H,1-4,7H2,(H,8,11). The number of hydrazine groups is 1. The van der Waals surface area contributed by atoms with Gasteiger partial charge in [-0.1, -0.05) is 0 Å². The van der Waals surface area contributed by atoms with Gasteiger partial charge >= 0.3 is 6.03 Å². The minimum atomic E-state index is -0.388. The molecular formula is C6H13N3O2. The fraction of sp³-hybridized carbons (Fsp3) is 0.833. The van der Waals surface area contributed by atoms with Crippen molar-refractivity contribution in [1.29, 1.82) is 0 Å². The maximum absolute atomic E-state index is 10.9. The molecule has 11 heavy (non-hydrogen) atoms. The third kappa shape index (κ3) is 2.06. The quantitative estimate of drug-likeness (QED) is 0.241. The van der Waals surface area contributed by atoms with E-state index in [-0.39, 0.29) is 12.1 Å². The number of aliphatic hydroxyl groups excluding tert-OH is 1. The topological polar surface area (TPSA) is 78.6 Å². The Kier molecular flexibility index (Phi) is 2.67. The Morgan fingerprint density at radius 2 is 2.45 bits per heavy atom. The lowest BCUT2D eigenvalue weighted by atomic mass is 10.1. The molecule has 2 amide bonds. The van der Waals surface area contributed by atoms with E-state index in [9.17, 15) is 4.79 Å². The molecule has 1 unspecified atom stereocenters. The van der Waals surface area contributed by atoms with Gasteiger partial charge in [-0.05, 0) is 12.8 Å². The molecule has 1 aliphatic heterocycles. The van der Waals surface area contributed by atoms with Crippen molar-refractivity contribution in [3.63, 3.8) is 0 Å². The number of piperidine rings is 1. The summed E-state index contributed by atoms with van der Waals surface area (Å²) in [4.78, 5) is 12.4. The lowest BCUT2D eigenvalue weighted by molar-refractivity contribution is 0.0843. The monoisotopic (exact) mass is 159 g/mol. The van der Waals surface area contributed by atoms with Crippen LogP contribution >= 0.6 is 0 Å². The number of amides is 2. The molecule has 1 rings (SSSR count). The number of likely N-dealkylation sites (tertiary alicyclic amines) is 1. The molecule has 0 aromatic heterocycles. The maximum atomic E-state index is 10.9. The molecule has 1 atom stereocenters. The van der Waals surface area contributed by atoms with Crippen molar-refractivity contribution in [3.8, 4) is 0 Å². The van der Waals surface area contributed by atoms with Crippen LogP contribution in [-0.4, -0.2) is 35.2 Å². The summed E-state index contributed by atoms with van der Waals surface area (Å²) in [5.74, 6) is 4.93. The predicted molar refractivity (Wildman–Crippen MR) is 39.5 cm³/mol. The fourth-order valence-electron chi connectivity index (χ4n) is 1.23. The van der Waals surface area contributed by atoms with Crippen molar-refractivity contribution in [2.24, 2.45) is 5.84 Å². The van der Waals surface area contributed by atoms with E-state index in [0.29, 0.717) is 13.1 Å². The van der Waals surface area contributed by atoms with E-state index in [1.165, 1.54) is 4.90 Å². The molecule has 1 saturated heterocycles. The van der Waals surface area contributed by atoms with Gasteiger partial charge < -0.3 is 10.0 Å². The van der Waals surface area contributed by atoms with Crippen molar-refractivity contribution >= 4 is 6.03 Å². The minimum absolute atomic E-state index is 0.316. The number of nitrogens with zero attached hydrogens (tertiary/aromatic N) is 1. The van der Waals surface area contributed by atoms with E-state index in [2.05, 4.69) is 0 Å². The van der Waals surface area contributed by atoms with E-state index >= 15 is 0 Å². The Hall–Kier alpha value is -0.810. The summed E-state index contributed by atoms with van der Waals surface area (Å²) < 4.78 is 0. The molecule has 0 spiro atoms. The smallest absolute Gasteiger partial charge is 0.331 e. The van der Waals surface area contributed by atoms with Crippen molar-refractivity contribution in [2.45, 2.75) is 18.9 Å². The first kappa shape index (κ1) is 8.29. The first-order valence-electron chi connectivity index (χ1n) is 3.67. The van der Waals surface area contributed by atoms with E-state index in [0.717, 1.165) is 12.8 Å². The number of aliphatic hydroxyl groups is 1. The lowest BCUT2D eigenvalue weighted by Gasteiger charge is -2.29. The highest BCUT2D eigenvalue weighted by molar-refractivity contribution is 5.73. The van der Waals surface area contributed by atoms with Gasteiger partial charge in [0.15, 0.2) is 0 Å². The fourth-order valence-corrected chi connectivity index (χ4v) is 1.23. The molecule has 0 radical (unpaired) electrons. The van der Waals surface area contributed by atoms with Crippen LogP contribution in [0.3, 0.4) is 0 Å². The second-order valence-electron chi connectivity index (χ2n) is 2.69. The number of nitrogens with one attached hydrogen (secondary N) is 1. The Bertz CT molecular complexity index is 151. The summed E-state index contributed by atoms with van der Waals surface area (Å²) in [6.07, 6.45) is 1.23. The van der Waals surface area contributed by atoms with Crippen LogP contribution in [0.4, 0.5) is 4.79 Å². The number of carbonyl (C=O) groups excluding carboxylic acids is 1. The van der Waals surface area contributed by atoms with Gasteiger partial charge in [0, 0.05) is 13.1 Å². The summed E-state index contributed by atoms with van der Waals surface area (Å²) in [7, 11) is 0. The Morgan fingerprint density at radius 1 is 1.73 bits per heavy atom. The average molecular weight is 159 g/mol. The largest absolute Gasteiger partial charge is 0.391 e. The summed E-state index contributed by atoms with van der Waals surface area (Å²) in [6, 6.07) is -0.316. The molecule has 1 heterocycles. The van der Waals surface area contributed by atoms with Crippen LogP contribution in [0.5, 0.6) is 0 Å². The summed E-state index contributed by atoms with van der Waals surface area (Å²) in [5, 5.41) is 9.16. The summed E-state index contributed by atoms with van der Waals surface area (Å²) >= 11 is 0. The van der Waals surface area contributed by atoms with Crippen LogP contribution in [0.2, 0.25) is 0 Å². The highest BCUT2D eigenvalue weighted by Gasteiger charge is 2.20. The van der Waals surface area contributed by atoms with E-state index in [4.69, 9.17) is 10.9 Å². The van der Waals surface area contributed by atoms with Crippen molar-refractivity contribution < 1.29 is 9.90 Å². The van der Waals surface area contributed by atoms with Crippen LogP contribution in [0, 0.1) is 0 Å². The molecule has 0 saturated carbocycles. The van der Waals surface area contributed by atoms with Crippen LogP contribution in [0.1, 0.15) is 12.8 Å². The first-order valence-corrected chi connectivity index (χ1v) is 3.67. The summed E-state index contributed by atoms with van der Waals surface area (Å²) in [6.45, 7) is 1.07. The van der Waals surface area contributed by atoms with Gasteiger partial charge in [-0.3, -0.25) is 5.43 Å². The third-order valence-electron chi connectivity index (χ3n) is 1.81. The normalized spacial score (nSPS) is 24.9. The number of carbonyl (C=O) groups is 1. The Balaban J connectivity index is 2.39. The molecule has 0 aromatic carbocycles. The van der Waals surface area contributed by atoms with Gasteiger partial charge in [0.05, 0.1) is 6.10 Å². The number of hydrogen-bond acceptors (Lipinski definition) is 3. The van der Waals surface area contributed by atoms with Crippen LogP contribution < -0.4 is 11.3 Å². The van der Waals surface area contributed by atoms with Gasteiger partial charge in [0.1, 0.15) is 0 Å². The zero-order valence-electron chi connectivity index (χ0n) is 6.29. The first-order chi connectivity index (χ1) is 5.24. The lowest BCUT2D eigenvalue weighted by Crippen LogP contribution is -2.49. The zero-order chi connectivity index (χ0) is 8.27. The molecule has 1 aliphatic rings. The summed E-state index contributed by atoms with van der Waals surface area (Å²) in [5.41, 5.74) is 2.03. The van der Waals surface area contributed by atoms with Crippen molar-refractivity contribution in [2.75, 3.05) is 13.1 Å². The molecular weight excluding hydrogens is 146 g/mol. The van der Waals surface area contributed by atoms with Gasteiger partial charge in [0.25, 0.3) is 0 Å². The average Bonchev–Trinajstić information content (AvgIpc) is 2.03. The third-order valence-corrected chi connectivity index (χ3v) is 1.81. The molecule has 0 aromatic rings. The van der Waals surface area contributed by atoms with Crippen LogP contribution in [0.15, 0.2) is 0 Å². The zero-order valence-corrected chi connectivity index (χ0v) is 6.29. The molecule has 4 N–H and O–H groups in total. The second-order valence-corrected chi connectivity index (χ2v) is 2.69. The number of urea groups is 1. The molecule has 0 bridgehead atoms. The second kappa shape index (κ2) is 3.54. The van der Waals surface area contributed by atoms with Gasteiger partial charge in [-0.2, -0.15) is 0 Å². The Labute approximate surface area is 65.1 Å². The minimum Gasteiger partial charge on any atom is -0.391 e. The predicted octanol–water partition coefficient (Wildman–Crippen LogP) is -0.974. The highest BCUT2D eigenvalue weighted by atomic mass is 16.3. The van der Waals surface area contributed by atoms with E-state index in [1.807, 2.05) is 5.43 Å². The molecule has 1 fully saturated rings. The van der Waals surface area contributed by atoms with Gasteiger partial charge in [-0.25, -0.2) is 10.6 Å². The SMILES string of the molecule is NNC(=O)N1CCCC(O)C1. The molecule has 5 nitrogen and oxygen atoms in total. The molecule has 64 valence electrons. The van der Waals surface area contributed by atoms with Crippen molar-refractivity contribution in [1.82, 2.24) is 10.3 Å². The van der Waals surface area contributed by atoms with Crippen LogP contribution in [-0.2, 0) is 0 Å². The Morgan fingerprint density at radius 3 is 3.00 bits per heavy atom. The van der Waals surface area contributed by atoms with Crippen molar-refractivity contribution in [3.05, 3.63) is 0 Å². The maximum Gasteiger partial charge on any atom is 0.331 e. The van der Waals surface area contributed by atoms with E-state index in [1.54, 1.807) is 0 Å². The van der Waals surface area contributed by atoms with E-state index < -0.39 is 0 Å². The van der Waals surface area contributed by atoms with Gasteiger partial charge in [0.2, 0.25) is 0 Å². The highest BCUT2D eigenvalue weighted by Crippen LogP contribution is 2.08.